The molecule has 0 aliphatic rings. The average molecular weight is 217 g/mol. The van der Waals surface area contributed by atoms with Crippen molar-refractivity contribution in [1.82, 2.24) is 0 Å². The van der Waals surface area contributed by atoms with Gasteiger partial charge in [0, 0.05) is 17.3 Å². The number of aromatic hydroxyl groups is 3. The van der Waals surface area contributed by atoms with Crippen LogP contribution >= 0.6 is 0 Å². The van der Waals surface area contributed by atoms with E-state index in [2.05, 4.69) is 0 Å². The maximum atomic E-state index is 9.65. The molecule has 0 aliphatic carbocycles. The number of phenols is 3. The lowest BCUT2D eigenvalue weighted by molar-refractivity contribution is 0.451. The highest BCUT2D eigenvalue weighted by atomic mass is 16.3. The standard InChI is InChI=1S/C12H11NO3/c13-8-1-2-12(16)11(5-8)7-3-9(14)6-10(15)4-7/h1-6,14-16H,13H2. The van der Waals surface area contributed by atoms with Gasteiger partial charge in [-0.3, -0.25) is 0 Å². The maximum Gasteiger partial charge on any atom is 0.123 e. The smallest absolute Gasteiger partial charge is 0.123 e. The monoisotopic (exact) mass is 217 g/mol. The fourth-order valence-electron chi connectivity index (χ4n) is 1.54. The van der Waals surface area contributed by atoms with Crippen LogP contribution in [0.25, 0.3) is 11.1 Å². The summed E-state index contributed by atoms with van der Waals surface area (Å²) < 4.78 is 0. The molecule has 4 heteroatoms. The molecule has 0 heterocycles. The van der Waals surface area contributed by atoms with E-state index in [-0.39, 0.29) is 17.2 Å². The summed E-state index contributed by atoms with van der Waals surface area (Å²) in [5.74, 6) is -0.104. The van der Waals surface area contributed by atoms with E-state index in [1.807, 2.05) is 0 Å². The summed E-state index contributed by atoms with van der Waals surface area (Å²) in [5, 5.41) is 28.3. The quantitative estimate of drug-likeness (QED) is 0.435. The predicted molar refractivity (Wildman–Crippen MR) is 61.3 cm³/mol. The second kappa shape index (κ2) is 3.66. The van der Waals surface area contributed by atoms with Crippen LogP contribution in [0.4, 0.5) is 5.69 Å². The normalized spacial score (nSPS) is 10.2. The van der Waals surface area contributed by atoms with Crippen molar-refractivity contribution >= 4 is 5.69 Å². The van der Waals surface area contributed by atoms with E-state index in [1.54, 1.807) is 12.1 Å². The van der Waals surface area contributed by atoms with Crippen molar-refractivity contribution in [2.75, 3.05) is 5.73 Å². The van der Waals surface area contributed by atoms with Gasteiger partial charge in [0.05, 0.1) is 0 Å². The summed E-state index contributed by atoms with van der Waals surface area (Å²) in [6.07, 6.45) is 0. The van der Waals surface area contributed by atoms with E-state index in [0.29, 0.717) is 16.8 Å². The molecule has 2 aromatic rings. The number of phenolic OH excluding ortho intramolecular Hbond substituents is 3. The summed E-state index contributed by atoms with van der Waals surface area (Å²) in [6.45, 7) is 0. The first kappa shape index (κ1) is 10.2. The van der Waals surface area contributed by atoms with E-state index in [0.717, 1.165) is 0 Å². The Kier molecular flexibility index (Phi) is 2.32. The zero-order chi connectivity index (χ0) is 11.7. The van der Waals surface area contributed by atoms with Gasteiger partial charge in [-0.25, -0.2) is 0 Å². The van der Waals surface area contributed by atoms with Crippen molar-refractivity contribution in [2.24, 2.45) is 0 Å². The molecule has 82 valence electrons. The van der Waals surface area contributed by atoms with Crippen molar-refractivity contribution in [3.05, 3.63) is 36.4 Å². The number of anilines is 1. The third-order valence-corrected chi connectivity index (χ3v) is 2.23. The van der Waals surface area contributed by atoms with Crippen LogP contribution in [0.15, 0.2) is 36.4 Å². The summed E-state index contributed by atoms with van der Waals surface area (Å²) in [7, 11) is 0. The highest BCUT2D eigenvalue weighted by Gasteiger charge is 2.07. The van der Waals surface area contributed by atoms with Crippen LogP contribution in [0.3, 0.4) is 0 Å². The number of nitrogens with two attached hydrogens (primary N) is 1. The minimum absolute atomic E-state index is 0.0409. The Balaban J connectivity index is 2.62. The second-order valence-corrected chi connectivity index (χ2v) is 3.51. The molecular formula is C12H11NO3. The summed E-state index contributed by atoms with van der Waals surface area (Å²) >= 11 is 0. The molecule has 0 saturated heterocycles. The molecule has 2 aromatic carbocycles. The molecule has 0 saturated carbocycles. The van der Waals surface area contributed by atoms with Gasteiger partial charge in [0.25, 0.3) is 0 Å². The van der Waals surface area contributed by atoms with Crippen molar-refractivity contribution in [3.8, 4) is 28.4 Å². The fourth-order valence-corrected chi connectivity index (χ4v) is 1.54. The van der Waals surface area contributed by atoms with E-state index in [9.17, 15) is 15.3 Å². The van der Waals surface area contributed by atoms with Crippen molar-refractivity contribution in [2.45, 2.75) is 0 Å². The Morgan fingerprint density at radius 3 is 2.06 bits per heavy atom. The van der Waals surface area contributed by atoms with E-state index >= 15 is 0 Å². The Hall–Kier alpha value is -2.36. The third kappa shape index (κ3) is 1.86. The molecule has 2 rings (SSSR count). The van der Waals surface area contributed by atoms with Crippen molar-refractivity contribution in [1.29, 1.82) is 0 Å². The Morgan fingerprint density at radius 1 is 0.812 bits per heavy atom. The first-order chi connectivity index (χ1) is 7.56. The lowest BCUT2D eigenvalue weighted by atomic mass is 10.0. The molecule has 0 fully saturated rings. The number of rotatable bonds is 1. The third-order valence-electron chi connectivity index (χ3n) is 2.23. The number of hydrogen-bond acceptors (Lipinski definition) is 4. The van der Waals surface area contributed by atoms with E-state index in [1.165, 1.54) is 24.3 Å². The van der Waals surface area contributed by atoms with Gasteiger partial charge in [-0.15, -0.1) is 0 Å². The summed E-state index contributed by atoms with van der Waals surface area (Å²) in [5.41, 5.74) is 7.07. The van der Waals surface area contributed by atoms with Gasteiger partial charge in [-0.1, -0.05) is 0 Å². The van der Waals surface area contributed by atoms with Gasteiger partial charge >= 0.3 is 0 Å². The molecule has 16 heavy (non-hydrogen) atoms. The molecular weight excluding hydrogens is 206 g/mol. The Labute approximate surface area is 92.2 Å². The number of nitrogen functional groups attached to an aromatic ring is 1. The predicted octanol–water partition coefficient (Wildman–Crippen LogP) is 2.05. The lowest BCUT2D eigenvalue weighted by Crippen LogP contribution is -1.86. The average Bonchev–Trinajstić information content (AvgIpc) is 2.20. The van der Waals surface area contributed by atoms with Crippen LogP contribution < -0.4 is 5.73 Å². The van der Waals surface area contributed by atoms with Crippen LogP contribution in [-0.2, 0) is 0 Å². The van der Waals surface area contributed by atoms with Crippen molar-refractivity contribution < 1.29 is 15.3 Å². The molecule has 0 radical (unpaired) electrons. The number of hydrogen-bond donors (Lipinski definition) is 4. The van der Waals surface area contributed by atoms with Gasteiger partial charge in [-0.2, -0.15) is 0 Å². The molecule has 4 nitrogen and oxygen atoms in total. The van der Waals surface area contributed by atoms with Gasteiger partial charge in [0.2, 0.25) is 0 Å². The Bertz CT molecular complexity index is 518. The Morgan fingerprint density at radius 2 is 1.44 bits per heavy atom. The summed E-state index contributed by atoms with van der Waals surface area (Å²) in [4.78, 5) is 0. The highest BCUT2D eigenvalue weighted by Crippen LogP contribution is 2.34. The molecule has 0 aliphatic heterocycles. The van der Waals surface area contributed by atoms with Crippen LogP contribution in [-0.4, -0.2) is 15.3 Å². The molecule has 0 unspecified atom stereocenters. The van der Waals surface area contributed by atoms with Crippen LogP contribution in [0.1, 0.15) is 0 Å². The summed E-state index contributed by atoms with van der Waals surface area (Å²) in [6, 6.07) is 8.70. The second-order valence-electron chi connectivity index (χ2n) is 3.51. The van der Waals surface area contributed by atoms with Crippen LogP contribution in [0.5, 0.6) is 17.2 Å². The number of benzene rings is 2. The maximum absolute atomic E-state index is 9.65. The largest absolute Gasteiger partial charge is 0.508 e. The molecule has 0 aromatic heterocycles. The molecule has 5 N–H and O–H groups in total. The highest BCUT2D eigenvalue weighted by molar-refractivity contribution is 5.75. The minimum Gasteiger partial charge on any atom is -0.508 e. The zero-order valence-electron chi connectivity index (χ0n) is 8.38. The lowest BCUT2D eigenvalue weighted by Gasteiger charge is -2.07. The molecule has 0 bridgehead atoms. The van der Waals surface area contributed by atoms with E-state index in [4.69, 9.17) is 5.73 Å². The van der Waals surface area contributed by atoms with Crippen molar-refractivity contribution in [3.63, 3.8) is 0 Å². The van der Waals surface area contributed by atoms with Gasteiger partial charge in [0.15, 0.2) is 0 Å². The topological polar surface area (TPSA) is 86.7 Å². The molecule has 0 atom stereocenters. The zero-order valence-corrected chi connectivity index (χ0v) is 8.38. The van der Waals surface area contributed by atoms with E-state index < -0.39 is 0 Å². The SMILES string of the molecule is Nc1ccc(O)c(-c2cc(O)cc(O)c2)c1. The minimum atomic E-state index is -0.0724. The van der Waals surface area contributed by atoms with Crippen LogP contribution in [0, 0.1) is 0 Å². The molecule has 0 spiro atoms. The van der Waals surface area contributed by atoms with Gasteiger partial charge < -0.3 is 21.1 Å². The van der Waals surface area contributed by atoms with Crippen LogP contribution in [0.2, 0.25) is 0 Å². The van der Waals surface area contributed by atoms with Gasteiger partial charge in [0.1, 0.15) is 17.2 Å². The van der Waals surface area contributed by atoms with Gasteiger partial charge in [-0.05, 0) is 35.9 Å². The molecule has 0 amide bonds. The first-order valence-corrected chi connectivity index (χ1v) is 4.68. The first-order valence-electron chi connectivity index (χ1n) is 4.68. The fraction of sp³-hybridized carbons (Fsp3) is 0.